The van der Waals surface area contributed by atoms with Crippen molar-refractivity contribution in [2.75, 3.05) is 0 Å². The normalized spacial score (nSPS) is 18.3. The third kappa shape index (κ3) is 4.65. The number of amides is 1. The average Bonchev–Trinajstić information content (AvgIpc) is 2.77. The van der Waals surface area contributed by atoms with Gasteiger partial charge in [-0.3, -0.25) is 0 Å². The number of likely N-dealkylation sites (tertiary alicyclic amines) is 1. The summed E-state index contributed by atoms with van der Waals surface area (Å²) in [5.74, 6) is -0.119. The maximum absolute atomic E-state index is 13.1. The fraction of sp³-hybridized carbons (Fsp3) is 0.167. The minimum absolute atomic E-state index is 0.0669. The van der Waals surface area contributed by atoms with E-state index in [9.17, 15) is 9.59 Å². The van der Waals surface area contributed by atoms with Gasteiger partial charge >= 0.3 is 177 Å². The van der Waals surface area contributed by atoms with Crippen molar-refractivity contribution in [2.45, 2.75) is 25.3 Å². The molecule has 146 valence electrons. The molecule has 1 fully saturated rings. The van der Waals surface area contributed by atoms with Crippen molar-refractivity contribution in [1.29, 1.82) is 0 Å². The Bertz CT molecular complexity index is 963. The summed E-state index contributed by atoms with van der Waals surface area (Å²) in [6, 6.07) is 28.6. The second kappa shape index (κ2) is 9.19. The first kappa shape index (κ1) is 19.6. The summed E-state index contributed by atoms with van der Waals surface area (Å²) in [7, 11) is 0. The molecule has 1 aliphatic rings. The Balaban J connectivity index is 1.50. The molecule has 2 unspecified atom stereocenters. The van der Waals surface area contributed by atoms with Crippen molar-refractivity contribution in [3.63, 3.8) is 0 Å². The zero-order chi connectivity index (χ0) is 20.1. The van der Waals surface area contributed by atoms with Crippen LogP contribution in [-0.4, -0.2) is 42.6 Å². The van der Waals surface area contributed by atoms with E-state index in [2.05, 4.69) is 0 Å². The van der Waals surface area contributed by atoms with E-state index in [1.807, 2.05) is 91.0 Å². The molecule has 0 saturated carbocycles. The Morgan fingerprint density at radius 2 is 1.38 bits per heavy atom. The molecule has 3 aromatic rings. The Kier molecular flexibility index (Phi) is 6.20. The predicted octanol–water partition coefficient (Wildman–Crippen LogP) is 2.54. The summed E-state index contributed by atoms with van der Waals surface area (Å²) in [6.07, 6.45) is -0.711. The number of benzene rings is 3. The van der Waals surface area contributed by atoms with Crippen molar-refractivity contribution < 1.29 is 14.3 Å². The predicted molar refractivity (Wildman–Crippen MR) is 113 cm³/mol. The summed E-state index contributed by atoms with van der Waals surface area (Å²) < 4.78 is 6.99. The standard InChI is InChI=1S/C24H21NO3Se/c26-23-22(28-17-19-12-6-2-7-13-19)21(24(27)29-20-14-8-3-9-15-20)25(23)16-18-10-4-1-5-11-18/h1-15,21-22H,16-17H2. The van der Waals surface area contributed by atoms with Crippen LogP contribution in [0.15, 0.2) is 91.0 Å². The summed E-state index contributed by atoms with van der Waals surface area (Å²) >= 11 is -0.365. The van der Waals surface area contributed by atoms with Gasteiger partial charge in [-0.05, 0) is 0 Å². The van der Waals surface area contributed by atoms with Gasteiger partial charge in [0.2, 0.25) is 0 Å². The monoisotopic (exact) mass is 451 g/mol. The van der Waals surface area contributed by atoms with Crippen LogP contribution >= 0.6 is 0 Å². The molecule has 3 aromatic carbocycles. The molecular formula is C24H21NO3Se. The second-order valence-electron chi connectivity index (χ2n) is 6.85. The molecule has 0 aromatic heterocycles. The molecular weight excluding hydrogens is 429 g/mol. The molecule has 2 atom stereocenters. The molecule has 5 heteroatoms. The van der Waals surface area contributed by atoms with Crippen LogP contribution in [0.25, 0.3) is 0 Å². The van der Waals surface area contributed by atoms with Gasteiger partial charge in [0.1, 0.15) is 0 Å². The van der Waals surface area contributed by atoms with E-state index < -0.39 is 12.1 Å². The van der Waals surface area contributed by atoms with Crippen LogP contribution in [0.1, 0.15) is 11.1 Å². The molecule has 0 N–H and O–H groups in total. The van der Waals surface area contributed by atoms with E-state index in [1.54, 1.807) is 4.90 Å². The van der Waals surface area contributed by atoms with Crippen LogP contribution in [-0.2, 0) is 27.5 Å². The molecule has 0 radical (unpaired) electrons. The van der Waals surface area contributed by atoms with Crippen LogP contribution in [0.5, 0.6) is 0 Å². The Hall–Kier alpha value is -2.72. The third-order valence-electron chi connectivity index (χ3n) is 4.82. The molecule has 29 heavy (non-hydrogen) atoms. The van der Waals surface area contributed by atoms with Gasteiger partial charge in [-0.25, -0.2) is 0 Å². The molecule has 0 spiro atoms. The number of rotatable bonds is 8. The summed E-state index contributed by atoms with van der Waals surface area (Å²) in [5, 5.41) is 0. The van der Waals surface area contributed by atoms with Crippen molar-refractivity contribution in [3.8, 4) is 0 Å². The fourth-order valence-electron chi connectivity index (χ4n) is 3.31. The summed E-state index contributed by atoms with van der Waals surface area (Å²) in [4.78, 5) is 27.6. The van der Waals surface area contributed by atoms with Crippen LogP contribution in [0, 0.1) is 0 Å². The molecule has 4 nitrogen and oxygen atoms in total. The Labute approximate surface area is 176 Å². The minimum atomic E-state index is -0.711. The van der Waals surface area contributed by atoms with E-state index in [1.165, 1.54) is 0 Å². The topological polar surface area (TPSA) is 46.6 Å². The Morgan fingerprint density at radius 3 is 2.00 bits per heavy atom. The van der Waals surface area contributed by atoms with Crippen LogP contribution in [0.3, 0.4) is 0 Å². The number of hydrogen-bond acceptors (Lipinski definition) is 3. The van der Waals surface area contributed by atoms with E-state index in [0.717, 1.165) is 15.6 Å². The van der Waals surface area contributed by atoms with Crippen molar-refractivity contribution >= 4 is 30.0 Å². The number of β-lactam (4-membered cyclic amide) rings is 1. The SMILES string of the molecule is O=C([Se]c1ccccc1)C1C(OCc2ccccc2)C(=O)N1Cc1ccccc1. The number of nitrogens with zero attached hydrogens (tertiary/aromatic N) is 1. The van der Waals surface area contributed by atoms with Gasteiger partial charge in [0.05, 0.1) is 0 Å². The number of carbonyl (C=O) groups is 2. The van der Waals surface area contributed by atoms with E-state index in [4.69, 9.17) is 4.74 Å². The Morgan fingerprint density at radius 1 is 0.828 bits per heavy atom. The zero-order valence-corrected chi connectivity index (χ0v) is 17.5. The summed E-state index contributed by atoms with van der Waals surface area (Å²) in [5.41, 5.74) is 1.99. The number of ether oxygens (including phenoxy) is 1. The van der Waals surface area contributed by atoms with Gasteiger partial charge in [0.25, 0.3) is 0 Å². The zero-order valence-electron chi connectivity index (χ0n) is 15.8. The fourth-order valence-corrected chi connectivity index (χ4v) is 5.19. The van der Waals surface area contributed by atoms with Gasteiger partial charge in [0.15, 0.2) is 0 Å². The van der Waals surface area contributed by atoms with Crippen LogP contribution in [0.4, 0.5) is 0 Å². The first-order valence-corrected chi connectivity index (χ1v) is 11.2. The third-order valence-corrected chi connectivity index (χ3v) is 6.81. The van der Waals surface area contributed by atoms with Crippen LogP contribution < -0.4 is 4.46 Å². The second-order valence-corrected chi connectivity index (χ2v) is 9.11. The number of carbonyl (C=O) groups excluding carboxylic acids is 2. The molecule has 1 heterocycles. The first-order valence-electron chi connectivity index (χ1n) is 9.49. The van der Waals surface area contributed by atoms with Gasteiger partial charge < -0.3 is 0 Å². The van der Waals surface area contributed by atoms with Crippen molar-refractivity contribution in [2.24, 2.45) is 0 Å². The van der Waals surface area contributed by atoms with Crippen molar-refractivity contribution in [3.05, 3.63) is 102 Å². The molecule has 1 amide bonds. The van der Waals surface area contributed by atoms with Gasteiger partial charge in [-0.2, -0.15) is 0 Å². The average molecular weight is 450 g/mol. The van der Waals surface area contributed by atoms with Gasteiger partial charge in [-0.1, -0.05) is 0 Å². The number of hydrogen-bond donors (Lipinski definition) is 0. The van der Waals surface area contributed by atoms with Crippen molar-refractivity contribution in [1.82, 2.24) is 4.90 Å². The molecule has 0 bridgehead atoms. The van der Waals surface area contributed by atoms with E-state index in [-0.39, 0.29) is 25.5 Å². The van der Waals surface area contributed by atoms with E-state index in [0.29, 0.717) is 13.2 Å². The molecule has 1 saturated heterocycles. The first-order chi connectivity index (χ1) is 14.2. The van der Waals surface area contributed by atoms with E-state index >= 15 is 0 Å². The summed E-state index contributed by atoms with van der Waals surface area (Å²) in [6.45, 7) is 0.741. The maximum atomic E-state index is 13.1. The van der Waals surface area contributed by atoms with Gasteiger partial charge in [-0.15, -0.1) is 0 Å². The van der Waals surface area contributed by atoms with Gasteiger partial charge in [0, 0.05) is 0 Å². The molecule has 0 aliphatic carbocycles. The van der Waals surface area contributed by atoms with Crippen LogP contribution in [0.2, 0.25) is 0 Å². The molecule has 1 aliphatic heterocycles. The molecule has 4 rings (SSSR count). The quantitative estimate of drug-likeness (QED) is 0.392.